The summed E-state index contributed by atoms with van der Waals surface area (Å²) in [6, 6.07) is 10.9. The highest BCUT2D eigenvalue weighted by atomic mass is 35.5. The van der Waals surface area contributed by atoms with Crippen LogP contribution in [0.25, 0.3) is 10.8 Å². The van der Waals surface area contributed by atoms with Crippen LogP contribution in [0.4, 0.5) is 0 Å². The zero-order chi connectivity index (χ0) is 14.1. The Morgan fingerprint density at radius 3 is 2.60 bits per heavy atom. The summed E-state index contributed by atoms with van der Waals surface area (Å²) in [6.45, 7) is 0. The first kappa shape index (κ1) is 12.6. The maximum absolute atomic E-state index is 11.9. The molecule has 6 heteroatoms. The first-order valence-corrected chi connectivity index (χ1v) is 6.39. The number of hydrogen-bond donors (Lipinski definition) is 1. The number of rotatable bonds is 2. The Morgan fingerprint density at radius 2 is 1.90 bits per heavy atom. The van der Waals surface area contributed by atoms with E-state index < -0.39 is 0 Å². The molecule has 5 nitrogen and oxygen atoms in total. The molecule has 0 fully saturated rings. The molecule has 0 amide bonds. The highest BCUT2D eigenvalue weighted by molar-refractivity contribution is 6.29. The quantitative estimate of drug-likeness (QED) is 0.575. The zero-order valence-electron chi connectivity index (χ0n) is 10.5. The lowest BCUT2D eigenvalue weighted by atomic mass is 10.1. The molecule has 2 heterocycles. The molecule has 1 aromatic carbocycles. The Balaban J connectivity index is 2.14. The summed E-state index contributed by atoms with van der Waals surface area (Å²) in [5.74, 6) is 5.62. The maximum atomic E-state index is 11.9. The molecule has 0 aliphatic heterocycles. The van der Waals surface area contributed by atoms with Crippen LogP contribution in [-0.2, 0) is 6.42 Å². The molecule has 0 saturated heterocycles. The Morgan fingerprint density at radius 1 is 1.15 bits per heavy atom. The summed E-state index contributed by atoms with van der Waals surface area (Å²) in [7, 11) is 0. The van der Waals surface area contributed by atoms with E-state index in [0.29, 0.717) is 17.0 Å². The van der Waals surface area contributed by atoms with Gasteiger partial charge in [-0.25, -0.2) is 4.98 Å². The predicted molar refractivity (Wildman–Crippen MR) is 78.2 cm³/mol. The maximum Gasteiger partial charge on any atom is 0.293 e. The van der Waals surface area contributed by atoms with Crippen LogP contribution in [0, 0.1) is 0 Å². The van der Waals surface area contributed by atoms with Gasteiger partial charge in [-0.15, -0.1) is 4.79 Å². The van der Waals surface area contributed by atoms with Crippen molar-refractivity contribution in [1.29, 1.82) is 0 Å². The van der Waals surface area contributed by atoms with Gasteiger partial charge in [0, 0.05) is 18.0 Å². The molecule has 0 aliphatic carbocycles. The molecule has 0 radical (unpaired) electrons. The van der Waals surface area contributed by atoms with Crippen LogP contribution in [0.15, 0.2) is 47.4 Å². The van der Waals surface area contributed by atoms with Crippen molar-refractivity contribution in [3.05, 3.63) is 69.4 Å². The number of hydrogen-bond acceptors (Lipinski definition) is 4. The van der Waals surface area contributed by atoms with Gasteiger partial charge in [-0.2, -0.15) is 5.10 Å². The van der Waals surface area contributed by atoms with E-state index in [1.54, 1.807) is 24.4 Å². The Hall–Kier alpha value is -2.40. The molecular formula is C14H11ClN4O. The van der Waals surface area contributed by atoms with Crippen molar-refractivity contribution < 1.29 is 0 Å². The summed E-state index contributed by atoms with van der Waals surface area (Å²) < 4.78 is 0. The predicted octanol–water partition coefficient (Wildman–Crippen LogP) is 1.75. The number of pyridine rings is 1. The largest absolute Gasteiger partial charge is 0.320 e. The standard InChI is InChI=1S/C14H11ClN4O/c15-13-6-5-9(8-17-13)7-12-10-3-1-2-4-11(10)14(20)19(16)18-12/h1-6,8H,7,16H2. The minimum absolute atomic E-state index is 0.307. The van der Waals surface area contributed by atoms with Gasteiger partial charge in [0.2, 0.25) is 0 Å². The van der Waals surface area contributed by atoms with E-state index in [9.17, 15) is 4.79 Å². The minimum Gasteiger partial charge on any atom is -0.320 e. The third-order valence-electron chi connectivity index (χ3n) is 3.07. The van der Waals surface area contributed by atoms with Gasteiger partial charge < -0.3 is 5.84 Å². The molecule has 3 aromatic rings. The Kier molecular flexibility index (Phi) is 3.12. The molecular weight excluding hydrogens is 276 g/mol. The van der Waals surface area contributed by atoms with Gasteiger partial charge in [-0.3, -0.25) is 4.79 Å². The van der Waals surface area contributed by atoms with Crippen molar-refractivity contribution in [2.75, 3.05) is 5.84 Å². The van der Waals surface area contributed by atoms with E-state index in [-0.39, 0.29) is 5.56 Å². The number of nitrogen functional groups attached to an aromatic ring is 1. The summed E-state index contributed by atoms with van der Waals surface area (Å²) in [4.78, 5) is 16.8. The number of halogens is 1. The van der Waals surface area contributed by atoms with Crippen LogP contribution in [0.3, 0.4) is 0 Å². The zero-order valence-corrected chi connectivity index (χ0v) is 11.2. The molecule has 0 saturated carbocycles. The highest BCUT2D eigenvalue weighted by Crippen LogP contribution is 2.16. The van der Waals surface area contributed by atoms with Crippen LogP contribution in [0.1, 0.15) is 11.3 Å². The normalized spacial score (nSPS) is 10.8. The van der Waals surface area contributed by atoms with Crippen LogP contribution in [0.2, 0.25) is 5.15 Å². The topological polar surface area (TPSA) is 73.8 Å². The molecule has 0 unspecified atom stereocenters. The lowest BCUT2D eigenvalue weighted by Gasteiger charge is -2.07. The van der Waals surface area contributed by atoms with Gasteiger partial charge in [0.05, 0.1) is 11.1 Å². The number of aromatic nitrogens is 3. The summed E-state index contributed by atoms with van der Waals surface area (Å²) in [6.07, 6.45) is 2.22. The van der Waals surface area contributed by atoms with E-state index in [1.807, 2.05) is 18.2 Å². The lowest BCUT2D eigenvalue weighted by Crippen LogP contribution is -2.31. The number of nitrogens with two attached hydrogens (primary N) is 1. The number of benzene rings is 1. The fourth-order valence-corrected chi connectivity index (χ4v) is 2.22. The van der Waals surface area contributed by atoms with Gasteiger partial charge in [-0.1, -0.05) is 35.9 Å². The van der Waals surface area contributed by atoms with Crippen molar-refractivity contribution >= 4 is 22.4 Å². The molecule has 20 heavy (non-hydrogen) atoms. The monoisotopic (exact) mass is 286 g/mol. The second-order valence-electron chi connectivity index (χ2n) is 4.41. The van der Waals surface area contributed by atoms with E-state index >= 15 is 0 Å². The third-order valence-corrected chi connectivity index (χ3v) is 3.29. The van der Waals surface area contributed by atoms with Gasteiger partial charge in [0.25, 0.3) is 5.56 Å². The molecule has 100 valence electrons. The van der Waals surface area contributed by atoms with E-state index in [2.05, 4.69) is 10.1 Å². The van der Waals surface area contributed by atoms with Crippen LogP contribution < -0.4 is 11.4 Å². The molecule has 0 atom stereocenters. The molecule has 0 aliphatic rings. The minimum atomic E-state index is -0.307. The fraction of sp³-hybridized carbons (Fsp3) is 0.0714. The van der Waals surface area contributed by atoms with Crippen molar-refractivity contribution in [2.24, 2.45) is 0 Å². The van der Waals surface area contributed by atoms with E-state index in [1.165, 1.54) is 0 Å². The molecule has 2 N–H and O–H groups in total. The average Bonchev–Trinajstić information content (AvgIpc) is 2.47. The summed E-state index contributed by atoms with van der Waals surface area (Å²) >= 11 is 5.76. The third kappa shape index (κ3) is 2.23. The van der Waals surface area contributed by atoms with Gasteiger partial charge in [0.15, 0.2) is 0 Å². The second-order valence-corrected chi connectivity index (χ2v) is 4.80. The van der Waals surface area contributed by atoms with Crippen LogP contribution in [0.5, 0.6) is 0 Å². The lowest BCUT2D eigenvalue weighted by molar-refractivity contribution is 0.748. The highest BCUT2D eigenvalue weighted by Gasteiger charge is 2.09. The Bertz CT molecular complexity index is 827. The molecule has 3 rings (SSSR count). The second kappa shape index (κ2) is 4.94. The van der Waals surface area contributed by atoms with Crippen molar-refractivity contribution in [3.63, 3.8) is 0 Å². The van der Waals surface area contributed by atoms with Gasteiger partial charge >= 0.3 is 0 Å². The van der Waals surface area contributed by atoms with Crippen molar-refractivity contribution in [2.45, 2.75) is 6.42 Å². The first-order chi connectivity index (χ1) is 9.65. The summed E-state index contributed by atoms with van der Waals surface area (Å²) in [5, 5.41) is 5.94. The van der Waals surface area contributed by atoms with Crippen LogP contribution >= 0.6 is 11.6 Å². The van der Waals surface area contributed by atoms with Crippen molar-refractivity contribution in [3.8, 4) is 0 Å². The number of nitrogens with zero attached hydrogens (tertiary/aromatic N) is 3. The average molecular weight is 287 g/mol. The summed E-state index contributed by atoms with van der Waals surface area (Å²) in [5.41, 5.74) is 1.37. The van der Waals surface area contributed by atoms with E-state index in [4.69, 9.17) is 17.4 Å². The molecule has 2 aromatic heterocycles. The Labute approximate surface area is 119 Å². The molecule has 0 spiro atoms. The van der Waals surface area contributed by atoms with Crippen molar-refractivity contribution in [1.82, 2.24) is 14.9 Å². The van der Waals surface area contributed by atoms with Gasteiger partial charge in [0.1, 0.15) is 5.15 Å². The smallest absolute Gasteiger partial charge is 0.293 e. The van der Waals surface area contributed by atoms with E-state index in [0.717, 1.165) is 21.4 Å². The SMILES string of the molecule is Nn1nc(Cc2ccc(Cl)nc2)c2ccccc2c1=O. The molecule has 0 bridgehead atoms. The fourth-order valence-electron chi connectivity index (χ4n) is 2.11. The number of fused-ring (bicyclic) bond motifs is 1. The first-order valence-electron chi connectivity index (χ1n) is 6.01. The van der Waals surface area contributed by atoms with Crippen LogP contribution in [-0.4, -0.2) is 14.9 Å². The van der Waals surface area contributed by atoms with Gasteiger partial charge in [-0.05, 0) is 17.7 Å².